The van der Waals surface area contributed by atoms with Gasteiger partial charge in [0.2, 0.25) is 0 Å². The van der Waals surface area contributed by atoms with E-state index in [4.69, 9.17) is 21.1 Å². The SMILES string of the molecule is CCOc1ccc(Cc2cc(C3(O)C[C@@H](O)C[C@@H](CO)O3)ccc2Cl)cc1. The summed E-state index contributed by atoms with van der Waals surface area (Å²) in [5.41, 5.74) is 2.42. The first-order valence-electron chi connectivity index (χ1n) is 9.13. The third-order valence-corrected chi connectivity index (χ3v) is 5.11. The number of hydrogen-bond donors (Lipinski definition) is 3. The first-order chi connectivity index (χ1) is 12.9. The molecule has 146 valence electrons. The van der Waals surface area contributed by atoms with Crippen LogP contribution in [0.2, 0.25) is 5.02 Å². The minimum absolute atomic E-state index is 0.0492. The highest BCUT2D eigenvalue weighted by atomic mass is 35.5. The summed E-state index contributed by atoms with van der Waals surface area (Å²) in [7, 11) is 0. The highest BCUT2D eigenvalue weighted by Gasteiger charge is 2.41. The molecule has 1 fully saturated rings. The van der Waals surface area contributed by atoms with Crippen molar-refractivity contribution in [1.29, 1.82) is 0 Å². The Morgan fingerprint density at radius 1 is 1.22 bits per heavy atom. The molecule has 3 N–H and O–H groups in total. The predicted molar refractivity (Wildman–Crippen MR) is 103 cm³/mol. The van der Waals surface area contributed by atoms with Gasteiger partial charge in [0.05, 0.1) is 25.4 Å². The van der Waals surface area contributed by atoms with Crippen molar-refractivity contribution in [3.05, 3.63) is 64.2 Å². The van der Waals surface area contributed by atoms with E-state index in [1.54, 1.807) is 18.2 Å². The molecule has 0 aliphatic carbocycles. The third kappa shape index (κ3) is 4.81. The smallest absolute Gasteiger partial charge is 0.195 e. The molecular weight excluding hydrogens is 368 g/mol. The Labute approximate surface area is 164 Å². The van der Waals surface area contributed by atoms with Crippen LogP contribution in [0.25, 0.3) is 0 Å². The van der Waals surface area contributed by atoms with Crippen molar-refractivity contribution in [3.63, 3.8) is 0 Å². The summed E-state index contributed by atoms with van der Waals surface area (Å²) in [5, 5.41) is 30.9. The van der Waals surface area contributed by atoms with E-state index in [0.29, 0.717) is 30.0 Å². The van der Waals surface area contributed by atoms with Crippen LogP contribution < -0.4 is 4.74 Å². The summed E-state index contributed by atoms with van der Waals surface area (Å²) in [4.78, 5) is 0. The zero-order valence-corrected chi connectivity index (χ0v) is 16.0. The molecule has 0 aromatic heterocycles. The summed E-state index contributed by atoms with van der Waals surface area (Å²) < 4.78 is 11.1. The fraction of sp³-hybridized carbons (Fsp3) is 0.429. The van der Waals surface area contributed by atoms with Crippen LogP contribution >= 0.6 is 11.6 Å². The number of rotatable bonds is 6. The lowest BCUT2D eigenvalue weighted by Gasteiger charge is -2.39. The first-order valence-corrected chi connectivity index (χ1v) is 9.51. The fourth-order valence-electron chi connectivity index (χ4n) is 3.42. The number of aliphatic hydroxyl groups is 3. The van der Waals surface area contributed by atoms with Crippen LogP contribution in [-0.2, 0) is 16.9 Å². The van der Waals surface area contributed by atoms with Crippen LogP contribution in [-0.4, -0.2) is 40.7 Å². The molecule has 0 radical (unpaired) electrons. The number of hydrogen-bond acceptors (Lipinski definition) is 5. The second-order valence-electron chi connectivity index (χ2n) is 6.86. The topological polar surface area (TPSA) is 79.2 Å². The van der Waals surface area contributed by atoms with Crippen LogP contribution in [0.5, 0.6) is 5.75 Å². The average molecular weight is 393 g/mol. The van der Waals surface area contributed by atoms with E-state index in [-0.39, 0.29) is 13.0 Å². The molecule has 5 nitrogen and oxygen atoms in total. The lowest BCUT2D eigenvalue weighted by Crippen LogP contribution is -2.45. The van der Waals surface area contributed by atoms with Crippen LogP contribution in [0.1, 0.15) is 36.5 Å². The molecule has 3 atom stereocenters. The molecule has 3 rings (SSSR count). The molecule has 0 amide bonds. The van der Waals surface area contributed by atoms with E-state index < -0.39 is 18.0 Å². The Hall–Kier alpha value is -1.63. The fourth-order valence-corrected chi connectivity index (χ4v) is 3.60. The first kappa shape index (κ1) is 20.1. The van der Waals surface area contributed by atoms with Gasteiger partial charge in [0.15, 0.2) is 5.79 Å². The van der Waals surface area contributed by atoms with Gasteiger partial charge in [0.1, 0.15) is 5.75 Å². The van der Waals surface area contributed by atoms with Crippen molar-refractivity contribution in [1.82, 2.24) is 0 Å². The number of ether oxygens (including phenoxy) is 2. The molecule has 1 unspecified atom stereocenters. The van der Waals surface area contributed by atoms with E-state index >= 15 is 0 Å². The van der Waals surface area contributed by atoms with Gasteiger partial charge in [-0.05, 0) is 48.7 Å². The zero-order valence-electron chi connectivity index (χ0n) is 15.3. The van der Waals surface area contributed by atoms with E-state index in [1.807, 2.05) is 31.2 Å². The van der Waals surface area contributed by atoms with Gasteiger partial charge in [-0.15, -0.1) is 0 Å². The molecule has 1 aliphatic heterocycles. The van der Waals surface area contributed by atoms with Crippen molar-refractivity contribution in [3.8, 4) is 5.75 Å². The van der Waals surface area contributed by atoms with Crippen molar-refractivity contribution in [2.24, 2.45) is 0 Å². The van der Waals surface area contributed by atoms with Crippen molar-refractivity contribution in [2.75, 3.05) is 13.2 Å². The Kier molecular flexibility index (Phi) is 6.40. The molecule has 2 aromatic carbocycles. The van der Waals surface area contributed by atoms with Gasteiger partial charge in [-0.1, -0.05) is 29.8 Å². The monoisotopic (exact) mass is 392 g/mol. The Balaban J connectivity index is 1.83. The maximum Gasteiger partial charge on any atom is 0.195 e. The van der Waals surface area contributed by atoms with E-state index in [0.717, 1.165) is 16.9 Å². The maximum absolute atomic E-state index is 10.9. The van der Waals surface area contributed by atoms with E-state index in [1.165, 1.54) is 0 Å². The van der Waals surface area contributed by atoms with Gasteiger partial charge in [-0.25, -0.2) is 0 Å². The van der Waals surface area contributed by atoms with Gasteiger partial charge in [-0.3, -0.25) is 0 Å². The number of halogens is 1. The molecule has 1 aliphatic rings. The number of benzene rings is 2. The molecule has 0 saturated carbocycles. The van der Waals surface area contributed by atoms with Crippen molar-refractivity contribution in [2.45, 2.75) is 44.2 Å². The average Bonchev–Trinajstić information content (AvgIpc) is 2.64. The van der Waals surface area contributed by atoms with E-state index in [2.05, 4.69) is 0 Å². The summed E-state index contributed by atoms with van der Waals surface area (Å²) in [6.07, 6.45) is -0.421. The quantitative estimate of drug-likeness (QED) is 0.704. The maximum atomic E-state index is 10.9. The molecule has 2 aromatic rings. The molecule has 1 heterocycles. The second kappa shape index (κ2) is 8.59. The minimum Gasteiger partial charge on any atom is -0.494 e. The largest absolute Gasteiger partial charge is 0.494 e. The molecule has 0 bridgehead atoms. The lowest BCUT2D eigenvalue weighted by molar-refractivity contribution is -0.286. The second-order valence-corrected chi connectivity index (χ2v) is 7.27. The summed E-state index contributed by atoms with van der Waals surface area (Å²) >= 11 is 6.36. The summed E-state index contributed by atoms with van der Waals surface area (Å²) in [5.74, 6) is -0.835. The van der Waals surface area contributed by atoms with Crippen LogP contribution in [0.15, 0.2) is 42.5 Å². The molecule has 1 saturated heterocycles. The zero-order chi connectivity index (χ0) is 19.4. The minimum atomic E-state index is -1.65. The predicted octanol–water partition coefficient (Wildman–Crippen LogP) is 3.01. The molecule has 0 spiro atoms. The van der Waals surface area contributed by atoms with Crippen LogP contribution in [0.3, 0.4) is 0 Å². The summed E-state index contributed by atoms with van der Waals surface area (Å²) in [6.45, 7) is 2.30. The Bertz CT molecular complexity index is 764. The van der Waals surface area contributed by atoms with Gasteiger partial charge in [0.25, 0.3) is 0 Å². The Morgan fingerprint density at radius 3 is 2.63 bits per heavy atom. The molecule has 6 heteroatoms. The van der Waals surface area contributed by atoms with Crippen LogP contribution in [0.4, 0.5) is 0 Å². The molecular formula is C21H25ClO5. The lowest BCUT2D eigenvalue weighted by atomic mass is 9.91. The third-order valence-electron chi connectivity index (χ3n) is 4.74. The van der Waals surface area contributed by atoms with E-state index in [9.17, 15) is 15.3 Å². The normalized spacial score (nSPS) is 25.4. The molecule has 27 heavy (non-hydrogen) atoms. The van der Waals surface area contributed by atoms with Gasteiger partial charge in [0, 0.05) is 23.4 Å². The van der Waals surface area contributed by atoms with Crippen molar-refractivity contribution < 1.29 is 24.8 Å². The van der Waals surface area contributed by atoms with Gasteiger partial charge < -0.3 is 24.8 Å². The Morgan fingerprint density at radius 2 is 1.96 bits per heavy atom. The highest BCUT2D eigenvalue weighted by molar-refractivity contribution is 6.31. The highest BCUT2D eigenvalue weighted by Crippen LogP contribution is 2.37. The van der Waals surface area contributed by atoms with Crippen LogP contribution in [0, 0.1) is 0 Å². The van der Waals surface area contributed by atoms with Gasteiger partial charge in [-0.2, -0.15) is 0 Å². The standard InChI is InChI=1S/C21H25ClO5/c1-2-26-18-6-3-14(4-7-18)9-15-10-16(5-8-20(15)22)21(25)12-17(24)11-19(13-23)27-21/h3-8,10,17,19,23-25H,2,9,11-13H2,1H3/t17-,19-,21?/m0/s1. The van der Waals surface area contributed by atoms with Crippen molar-refractivity contribution >= 4 is 11.6 Å². The number of aliphatic hydroxyl groups excluding tert-OH is 2. The summed E-state index contributed by atoms with van der Waals surface area (Å²) in [6, 6.07) is 13.0. The van der Waals surface area contributed by atoms with Gasteiger partial charge >= 0.3 is 0 Å².